The standard InChI is InChI=1S/C10H12N2O/c1-2-3-4-5-10(13)9-8-11-6-7-12-9/h1,6-8,10,13H,3-5H2. The first-order valence-corrected chi connectivity index (χ1v) is 4.22. The SMILES string of the molecule is C#CCCCC(O)c1cnccn1. The van der Waals surface area contributed by atoms with E-state index in [1.165, 1.54) is 0 Å². The minimum atomic E-state index is -0.540. The van der Waals surface area contributed by atoms with E-state index in [0.29, 0.717) is 18.5 Å². The zero-order chi connectivity index (χ0) is 9.52. The third-order valence-electron chi connectivity index (χ3n) is 1.72. The normalized spacial score (nSPS) is 12.0. The lowest BCUT2D eigenvalue weighted by molar-refractivity contribution is 0.160. The molecule has 0 aliphatic heterocycles. The summed E-state index contributed by atoms with van der Waals surface area (Å²) in [6.45, 7) is 0. The maximum Gasteiger partial charge on any atom is 0.0975 e. The Bertz CT molecular complexity index is 279. The molecular formula is C10H12N2O. The van der Waals surface area contributed by atoms with Crippen LogP contribution in [0.3, 0.4) is 0 Å². The summed E-state index contributed by atoms with van der Waals surface area (Å²) in [4.78, 5) is 7.86. The highest BCUT2D eigenvalue weighted by atomic mass is 16.3. The highest BCUT2D eigenvalue weighted by Crippen LogP contribution is 2.15. The number of rotatable bonds is 4. The molecule has 0 bridgehead atoms. The summed E-state index contributed by atoms with van der Waals surface area (Å²) < 4.78 is 0. The van der Waals surface area contributed by atoms with E-state index < -0.39 is 6.10 Å². The minimum Gasteiger partial charge on any atom is -0.387 e. The number of aliphatic hydroxyl groups excluding tert-OH is 1. The molecule has 3 nitrogen and oxygen atoms in total. The zero-order valence-corrected chi connectivity index (χ0v) is 7.35. The van der Waals surface area contributed by atoms with Gasteiger partial charge in [0.05, 0.1) is 18.0 Å². The third-order valence-corrected chi connectivity index (χ3v) is 1.72. The minimum absolute atomic E-state index is 0.540. The second-order valence-electron chi connectivity index (χ2n) is 2.74. The van der Waals surface area contributed by atoms with Gasteiger partial charge in [0.15, 0.2) is 0 Å². The topological polar surface area (TPSA) is 46.0 Å². The first-order valence-electron chi connectivity index (χ1n) is 4.22. The molecule has 1 N–H and O–H groups in total. The maximum atomic E-state index is 9.58. The van der Waals surface area contributed by atoms with Crippen LogP contribution >= 0.6 is 0 Å². The van der Waals surface area contributed by atoms with Crippen molar-refractivity contribution >= 4 is 0 Å². The molecule has 1 atom stereocenters. The van der Waals surface area contributed by atoms with E-state index >= 15 is 0 Å². The van der Waals surface area contributed by atoms with Crippen molar-refractivity contribution in [2.24, 2.45) is 0 Å². The Labute approximate surface area is 77.9 Å². The van der Waals surface area contributed by atoms with E-state index in [2.05, 4.69) is 15.9 Å². The Morgan fingerprint density at radius 2 is 2.38 bits per heavy atom. The molecule has 0 amide bonds. The summed E-state index contributed by atoms with van der Waals surface area (Å²) >= 11 is 0. The summed E-state index contributed by atoms with van der Waals surface area (Å²) in [6, 6.07) is 0. The summed E-state index contributed by atoms with van der Waals surface area (Å²) in [5, 5.41) is 9.58. The molecule has 0 radical (unpaired) electrons. The van der Waals surface area contributed by atoms with Crippen LogP contribution in [0.1, 0.15) is 31.1 Å². The number of terminal acetylenes is 1. The third kappa shape index (κ3) is 3.22. The van der Waals surface area contributed by atoms with Gasteiger partial charge >= 0.3 is 0 Å². The Morgan fingerprint density at radius 3 is 3.00 bits per heavy atom. The average Bonchev–Trinajstić information content (AvgIpc) is 2.19. The van der Waals surface area contributed by atoms with Crippen molar-refractivity contribution in [1.82, 2.24) is 9.97 Å². The number of hydrogen-bond donors (Lipinski definition) is 1. The molecule has 1 heterocycles. The lowest BCUT2D eigenvalue weighted by Gasteiger charge is -2.07. The van der Waals surface area contributed by atoms with Crippen molar-refractivity contribution in [1.29, 1.82) is 0 Å². The molecule has 0 saturated heterocycles. The first kappa shape index (κ1) is 9.69. The van der Waals surface area contributed by atoms with Crippen LogP contribution in [0.4, 0.5) is 0 Å². The van der Waals surface area contributed by atoms with Gasteiger partial charge in [-0.1, -0.05) is 0 Å². The molecular weight excluding hydrogens is 164 g/mol. The van der Waals surface area contributed by atoms with Gasteiger partial charge in [0, 0.05) is 18.8 Å². The second kappa shape index (κ2) is 5.28. The number of aromatic nitrogens is 2. The highest BCUT2D eigenvalue weighted by molar-refractivity contribution is 4.99. The van der Waals surface area contributed by atoms with Crippen LogP contribution in [0.5, 0.6) is 0 Å². The van der Waals surface area contributed by atoms with Crippen LogP contribution in [0, 0.1) is 12.3 Å². The van der Waals surface area contributed by atoms with Gasteiger partial charge in [-0.05, 0) is 12.8 Å². The van der Waals surface area contributed by atoms with Crippen molar-refractivity contribution in [2.75, 3.05) is 0 Å². The van der Waals surface area contributed by atoms with Gasteiger partial charge in [-0.2, -0.15) is 0 Å². The summed E-state index contributed by atoms with van der Waals surface area (Å²) in [7, 11) is 0. The van der Waals surface area contributed by atoms with Gasteiger partial charge in [-0.15, -0.1) is 12.3 Å². The van der Waals surface area contributed by atoms with Crippen LogP contribution in [0.2, 0.25) is 0 Å². The fourth-order valence-electron chi connectivity index (χ4n) is 1.03. The molecule has 1 unspecified atom stereocenters. The van der Waals surface area contributed by atoms with E-state index in [1.807, 2.05) is 0 Å². The van der Waals surface area contributed by atoms with Crippen LogP contribution in [-0.4, -0.2) is 15.1 Å². The largest absolute Gasteiger partial charge is 0.387 e. The quantitative estimate of drug-likeness (QED) is 0.555. The van der Waals surface area contributed by atoms with Crippen molar-refractivity contribution in [2.45, 2.75) is 25.4 Å². The van der Waals surface area contributed by atoms with Gasteiger partial charge in [-0.3, -0.25) is 9.97 Å². The van der Waals surface area contributed by atoms with E-state index in [9.17, 15) is 5.11 Å². The van der Waals surface area contributed by atoms with Crippen LogP contribution in [-0.2, 0) is 0 Å². The van der Waals surface area contributed by atoms with Crippen molar-refractivity contribution in [3.63, 3.8) is 0 Å². The van der Waals surface area contributed by atoms with Crippen LogP contribution in [0.15, 0.2) is 18.6 Å². The van der Waals surface area contributed by atoms with Crippen molar-refractivity contribution < 1.29 is 5.11 Å². The smallest absolute Gasteiger partial charge is 0.0975 e. The number of nitrogens with zero attached hydrogens (tertiary/aromatic N) is 2. The molecule has 13 heavy (non-hydrogen) atoms. The number of hydrogen-bond acceptors (Lipinski definition) is 3. The molecule has 68 valence electrons. The fourth-order valence-corrected chi connectivity index (χ4v) is 1.03. The molecule has 3 heteroatoms. The lowest BCUT2D eigenvalue weighted by atomic mass is 10.1. The Balaban J connectivity index is 2.41. The van der Waals surface area contributed by atoms with Gasteiger partial charge in [0.25, 0.3) is 0 Å². The van der Waals surface area contributed by atoms with E-state index in [1.54, 1.807) is 18.6 Å². The molecule has 0 aliphatic carbocycles. The maximum absolute atomic E-state index is 9.58. The second-order valence-corrected chi connectivity index (χ2v) is 2.74. The molecule has 1 aromatic heterocycles. The average molecular weight is 176 g/mol. The van der Waals surface area contributed by atoms with Gasteiger partial charge in [-0.25, -0.2) is 0 Å². The summed E-state index contributed by atoms with van der Waals surface area (Å²) in [5.74, 6) is 2.53. The predicted molar refractivity (Wildman–Crippen MR) is 49.7 cm³/mol. The first-order chi connectivity index (χ1) is 6.34. The molecule has 1 rings (SSSR count). The predicted octanol–water partition coefficient (Wildman–Crippen LogP) is 1.31. The molecule has 0 aliphatic rings. The Morgan fingerprint density at radius 1 is 1.54 bits per heavy atom. The number of aliphatic hydroxyl groups is 1. The zero-order valence-electron chi connectivity index (χ0n) is 7.35. The van der Waals surface area contributed by atoms with Gasteiger partial charge in [0.2, 0.25) is 0 Å². The van der Waals surface area contributed by atoms with Gasteiger partial charge < -0.3 is 5.11 Å². The highest BCUT2D eigenvalue weighted by Gasteiger charge is 2.07. The Hall–Kier alpha value is -1.40. The fraction of sp³-hybridized carbons (Fsp3) is 0.400. The summed E-state index contributed by atoms with van der Waals surface area (Å²) in [6.07, 6.45) is 11.4. The molecule has 0 spiro atoms. The molecule has 1 aromatic rings. The number of unbranched alkanes of at least 4 members (excludes halogenated alkanes) is 1. The Kier molecular flexibility index (Phi) is 3.94. The monoisotopic (exact) mass is 176 g/mol. The van der Waals surface area contributed by atoms with Crippen molar-refractivity contribution in [3.8, 4) is 12.3 Å². The summed E-state index contributed by atoms with van der Waals surface area (Å²) in [5.41, 5.74) is 0.611. The van der Waals surface area contributed by atoms with E-state index in [0.717, 1.165) is 6.42 Å². The molecule has 0 aromatic carbocycles. The van der Waals surface area contributed by atoms with Gasteiger partial charge in [0.1, 0.15) is 0 Å². The molecule has 0 saturated carbocycles. The van der Waals surface area contributed by atoms with E-state index in [4.69, 9.17) is 6.42 Å². The van der Waals surface area contributed by atoms with Crippen LogP contribution < -0.4 is 0 Å². The lowest BCUT2D eigenvalue weighted by Crippen LogP contribution is -2.00. The van der Waals surface area contributed by atoms with E-state index in [-0.39, 0.29) is 0 Å². The van der Waals surface area contributed by atoms with Crippen molar-refractivity contribution in [3.05, 3.63) is 24.3 Å². The molecule has 0 fully saturated rings. The van der Waals surface area contributed by atoms with Crippen LogP contribution in [0.25, 0.3) is 0 Å².